The standard InChI is InChI=1S/C19H28N4O6/c1-13-5-3-4-6-19(13)17(27)23(18(28)20-19)11-16(26)29-12-15(25)22-9-7-21(8-10-22)14(2)24/h13H,3-12H2,1-2H3,(H,20,28)/t13-,19-/m1/s1. The second-order valence-electron chi connectivity index (χ2n) is 7.99. The van der Waals surface area contributed by atoms with Gasteiger partial charge in [-0.3, -0.25) is 24.1 Å². The summed E-state index contributed by atoms with van der Waals surface area (Å²) in [6.45, 7) is 4.09. The van der Waals surface area contributed by atoms with Crippen LogP contribution in [-0.2, 0) is 23.9 Å². The number of piperazine rings is 1. The number of urea groups is 1. The first kappa shape index (κ1) is 21.1. The number of carbonyl (C=O) groups excluding carboxylic acids is 5. The number of nitrogens with zero attached hydrogens (tertiary/aromatic N) is 3. The fourth-order valence-electron chi connectivity index (χ4n) is 4.32. The van der Waals surface area contributed by atoms with Crippen LogP contribution in [0.15, 0.2) is 0 Å². The van der Waals surface area contributed by atoms with Gasteiger partial charge in [0, 0.05) is 33.1 Å². The Morgan fingerprint density at radius 1 is 1.10 bits per heavy atom. The van der Waals surface area contributed by atoms with Crippen LogP contribution in [0.3, 0.4) is 0 Å². The molecule has 29 heavy (non-hydrogen) atoms. The van der Waals surface area contributed by atoms with Crippen LogP contribution in [0, 0.1) is 5.92 Å². The van der Waals surface area contributed by atoms with E-state index in [1.54, 1.807) is 4.90 Å². The number of amides is 5. The lowest BCUT2D eigenvalue weighted by molar-refractivity contribution is -0.155. The van der Waals surface area contributed by atoms with Crippen LogP contribution in [0.5, 0.6) is 0 Å². The van der Waals surface area contributed by atoms with Gasteiger partial charge in [-0.1, -0.05) is 19.8 Å². The number of esters is 1. The molecule has 2 atom stereocenters. The van der Waals surface area contributed by atoms with E-state index in [-0.39, 0.29) is 17.7 Å². The van der Waals surface area contributed by atoms with Gasteiger partial charge >= 0.3 is 12.0 Å². The number of carbonyl (C=O) groups is 5. The molecule has 160 valence electrons. The first-order valence-electron chi connectivity index (χ1n) is 10.1. The highest BCUT2D eigenvalue weighted by atomic mass is 16.5. The van der Waals surface area contributed by atoms with Gasteiger partial charge in [-0.25, -0.2) is 4.79 Å². The van der Waals surface area contributed by atoms with E-state index in [0.29, 0.717) is 32.6 Å². The quantitative estimate of drug-likeness (QED) is 0.505. The Balaban J connectivity index is 1.48. The maximum absolute atomic E-state index is 12.8. The zero-order valence-electron chi connectivity index (χ0n) is 16.9. The summed E-state index contributed by atoms with van der Waals surface area (Å²) in [6.07, 6.45) is 3.27. The van der Waals surface area contributed by atoms with E-state index in [9.17, 15) is 24.0 Å². The van der Waals surface area contributed by atoms with Gasteiger partial charge in [0.25, 0.3) is 11.8 Å². The highest BCUT2D eigenvalue weighted by Gasteiger charge is 2.55. The Morgan fingerprint density at radius 2 is 1.76 bits per heavy atom. The second kappa shape index (κ2) is 8.38. The molecule has 10 nitrogen and oxygen atoms in total. The summed E-state index contributed by atoms with van der Waals surface area (Å²) in [5, 5.41) is 2.78. The van der Waals surface area contributed by atoms with E-state index >= 15 is 0 Å². The maximum atomic E-state index is 12.8. The number of hydrogen-bond acceptors (Lipinski definition) is 6. The first-order chi connectivity index (χ1) is 13.7. The van der Waals surface area contributed by atoms with Gasteiger partial charge in [0.2, 0.25) is 5.91 Å². The molecule has 1 spiro atoms. The molecule has 3 fully saturated rings. The van der Waals surface area contributed by atoms with Crippen molar-refractivity contribution in [3.8, 4) is 0 Å². The fourth-order valence-corrected chi connectivity index (χ4v) is 4.32. The summed E-state index contributed by atoms with van der Waals surface area (Å²) < 4.78 is 5.01. The Bertz CT molecular complexity index is 717. The van der Waals surface area contributed by atoms with Crippen molar-refractivity contribution in [2.45, 2.75) is 45.1 Å². The average Bonchev–Trinajstić information content (AvgIpc) is 2.93. The minimum atomic E-state index is -0.929. The minimum absolute atomic E-state index is 0.00367. The third kappa shape index (κ3) is 4.20. The van der Waals surface area contributed by atoms with E-state index < -0.39 is 36.6 Å². The molecule has 0 aromatic rings. The normalized spacial score (nSPS) is 27.2. The number of ether oxygens (including phenoxy) is 1. The Labute approximate surface area is 169 Å². The minimum Gasteiger partial charge on any atom is -0.454 e. The summed E-state index contributed by atoms with van der Waals surface area (Å²) in [5.41, 5.74) is -0.929. The van der Waals surface area contributed by atoms with Crippen molar-refractivity contribution in [2.24, 2.45) is 5.92 Å². The van der Waals surface area contributed by atoms with Gasteiger partial charge in [-0.05, 0) is 18.8 Å². The van der Waals surface area contributed by atoms with Crippen molar-refractivity contribution in [2.75, 3.05) is 39.3 Å². The molecule has 0 radical (unpaired) electrons. The summed E-state index contributed by atoms with van der Waals surface area (Å²) >= 11 is 0. The molecule has 2 aliphatic heterocycles. The van der Waals surface area contributed by atoms with Gasteiger partial charge in [-0.15, -0.1) is 0 Å². The molecule has 0 aromatic heterocycles. The zero-order valence-corrected chi connectivity index (χ0v) is 16.9. The van der Waals surface area contributed by atoms with Crippen molar-refractivity contribution in [3.05, 3.63) is 0 Å². The lowest BCUT2D eigenvalue weighted by atomic mass is 9.73. The third-order valence-electron chi connectivity index (χ3n) is 6.22. The molecule has 1 saturated carbocycles. The van der Waals surface area contributed by atoms with Crippen LogP contribution >= 0.6 is 0 Å². The monoisotopic (exact) mass is 408 g/mol. The topological polar surface area (TPSA) is 116 Å². The SMILES string of the molecule is CC(=O)N1CCN(C(=O)COC(=O)CN2C(=O)N[C@@]3(CCCC[C@H]3C)C2=O)CC1. The second-order valence-corrected chi connectivity index (χ2v) is 7.99. The molecular formula is C19H28N4O6. The Hall–Kier alpha value is -2.65. The van der Waals surface area contributed by atoms with Crippen LogP contribution < -0.4 is 5.32 Å². The Morgan fingerprint density at radius 3 is 2.38 bits per heavy atom. The molecule has 1 aliphatic carbocycles. The van der Waals surface area contributed by atoms with Gasteiger partial charge < -0.3 is 19.9 Å². The molecule has 3 aliphatic rings. The van der Waals surface area contributed by atoms with Gasteiger partial charge in [0.05, 0.1) is 0 Å². The van der Waals surface area contributed by atoms with Gasteiger partial charge in [0.15, 0.2) is 6.61 Å². The maximum Gasteiger partial charge on any atom is 0.326 e. The number of nitrogens with one attached hydrogen (secondary N) is 1. The van der Waals surface area contributed by atoms with Gasteiger partial charge in [0.1, 0.15) is 12.1 Å². The van der Waals surface area contributed by atoms with Crippen molar-refractivity contribution >= 4 is 29.7 Å². The van der Waals surface area contributed by atoms with E-state index in [0.717, 1.165) is 24.2 Å². The molecule has 5 amide bonds. The summed E-state index contributed by atoms with van der Waals surface area (Å²) in [4.78, 5) is 64.9. The summed E-state index contributed by atoms with van der Waals surface area (Å²) in [5.74, 6) is -1.59. The molecule has 0 unspecified atom stereocenters. The molecule has 2 heterocycles. The van der Waals surface area contributed by atoms with E-state index in [1.165, 1.54) is 11.8 Å². The molecule has 0 bridgehead atoms. The third-order valence-corrected chi connectivity index (χ3v) is 6.22. The lowest BCUT2D eigenvalue weighted by Crippen LogP contribution is -2.54. The number of hydrogen-bond donors (Lipinski definition) is 1. The molecule has 2 saturated heterocycles. The molecular weight excluding hydrogens is 380 g/mol. The van der Waals surface area contributed by atoms with Crippen molar-refractivity contribution in [1.82, 2.24) is 20.0 Å². The lowest BCUT2D eigenvalue weighted by Gasteiger charge is -2.36. The summed E-state index contributed by atoms with van der Waals surface area (Å²) in [7, 11) is 0. The summed E-state index contributed by atoms with van der Waals surface area (Å²) in [6, 6.07) is -0.590. The molecule has 10 heteroatoms. The highest BCUT2D eigenvalue weighted by Crippen LogP contribution is 2.38. The first-order valence-corrected chi connectivity index (χ1v) is 10.1. The van der Waals surface area contributed by atoms with Crippen LogP contribution in [0.4, 0.5) is 4.79 Å². The average molecular weight is 408 g/mol. The van der Waals surface area contributed by atoms with Crippen LogP contribution in [0.2, 0.25) is 0 Å². The highest BCUT2D eigenvalue weighted by molar-refractivity contribution is 6.09. The van der Waals surface area contributed by atoms with Gasteiger partial charge in [-0.2, -0.15) is 0 Å². The predicted molar refractivity (Wildman–Crippen MR) is 100 cm³/mol. The van der Waals surface area contributed by atoms with E-state index in [2.05, 4.69) is 5.32 Å². The van der Waals surface area contributed by atoms with Crippen LogP contribution in [0.1, 0.15) is 39.5 Å². The fraction of sp³-hybridized carbons (Fsp3) is 0.737. The largest absolute Gasteiger partial charge is 0.454 e. The van der Waals surface area contributed by atoms with E-state index in [4.69, 9.17) is 4.74 Å². The van der Waals surface area contributed by atoms with Crippen molar-refractivity contribution in [1.29, 1.82) is 0 Å². The number of imide groups is 1. The van der Waals surface area contributed by atoms with Crippen LogP contribution in [0.25, 0.3) is 0 Å². The smallest absolute Gasteiger partial charge is 0.326 e. The molecule has 3 rings (SSSR count). The van der Waals surface area contributed by atoms with Crippen LogP contribution in [-0.4, -0.2) is 89.3 Å². The van der Waals surface area contributed by atoms with Crippen molar-refractivity contribution < 1.29 is 28.7 Å². The Kier molecular flexibility index (Phi) is 6.09. The van der Waals surface area contributed by atoms with Crippen molar-refractivity contribution in [3.63, 3.8) is 0 Å². The molecule has 1 N–H and O–H groups in total. The zero-order chi connectivity index (χ0) is 21.2. The molecule has 0 aromatic carbocycles. The predicted octanol–water partition coefficient (Wildman–Crippen LogP) is -0.279. The van der Waals surface area contributed by atoms with E-state index in [1.807, 2.05) is 6.92 Å². The number of rotatable bonds is 4.